The Labute approximate surface area is 160 Å². The zero-order valence-corrected chi connectivity index (χ0v) is 16.2. The molecule has 2 atom stereocenters. The van der Waals surface area contributed by atoms with Crippen molar-refractivity contribution in [3.63, 3.8) is 0 Å². The van der Waals surface area contributed by atoms with Crippen molar-refractivity contribution in [1.82, 2.24) is 0 Å². The number of ether oxygens (including phenoxy) is 2. The van der Waals surface area contributed by atoms with Gasteiger partial charge in [0, 0.05) is 0 Å². The molecule has 2 unspecified atom stereocenters. The van der Waals surface area contributed by atoms with Gasteiger partial charge in [0.25, 0.3) is 0 Å². The van der Waals surface area contributed by atoms with Gasteiger partial charge in [0.2, 0.25) is 0 Å². The summed E-state index contributed by atoms with van der Waals surface area (Å²) in [6.45, 7) is 3.91. The van der Waals surface area contributed by atoms with Gasteiger partial charge in [-0.15, -0.1) is 0 Å². The summed E-state index contributed by atoms with van der Waals surface area (Å²) in [6.07, 6.45) is 2.16. The first-order valence-electron chi connectivity index (χ1n) is 9.37. The lowest BCUT2D eigenvalue weighted by molar-refractivity contribution is -0.158. The number of aryl methyl sites for hydroxylation is 2. The van der Waals surface area contributed by atoms with Crippen LogP contribution in [0.1, 0.15) is 46.3 Å². The Kier molecular flexibility index (Phi) is 5.64. The van der Waals surface area contributed by atoms with Crippen molar-refractivity contribution < 1.29 is 19.1 Å². The molecule has 4 nitrogen and oxygen atoms in total. The molecule has 0 bridgehead atoms. The highest BCUT2D eigenvalue weighted by Crippen LogP contribution is 2.44. The number of rotatable bonds is 5. The lowest BCUT2D eigenvalue weighted by Gasteiger charge is -2.32. The highest BCUT2D eigenvalue weighted by atomic mass is 16.6. The van der Waals surface area contributed by atoms with Crippen molar-refractivity contribution in [2.24, 2.45) is 5.41 Å². The second-order valence-electron chi connectivity index (χ2n) is 7.41. The molecule has 1 fully saturated rings. The molecule has 0 saturated heterocycles. The summed E-state index contributed by atoms with van der Waals surface area (Å²) in [5.74, 6) is -0.680. The Morgan fingerprint density at radius 1 is 1.07 bits per heavy atom. The minimum Gasteiger partial charge on any atom is -0.468 e. The zero-order chi connectivity index (χ0) is 19.4. The number of methoxy groups -OCH3 is 1. The minimum atomic E-state index is -0.831. The second kappa shape index (κ2) is 7.95. The zero-order valence-electron chi connectivity index (χ0n) is 16.2. The van der Waals surface area contributed by atoms with Crippen LogP contribution in [0.25, 0.3) is 0 Å². The molecule has 2 aromatic carbocycles. The number of carbonyl (C=O) groups is 2. The van der Waals surface area contributed by atoms with Crippen molar-refractivity contribution >= 4 is 11.9 Å². The Balaban J connectivity index is 1.88. The van der Waals surface area contributed by atoms with E-state index in [4.69, 9.17) is 9.47 Å². The van der Waals surface area contributed by atoms with Crippen molar-refractivity contribution in [2.75, 3.05) is 7.11 Å². The third kappa shape index (κ3) is 3.90. The highest BCUT2D eigenvalue weighted by Gasteiger charge is 2.52. The van der Waals surface area contributed by atoms with E-state index in [-0.39, 0.29) is 11.9 Å². The molecule has 4 heteroatoms. The van der Waals surface area contributed by atoms with Gasteiger partial charge in [0.05, 0.1) is 12.7 Å². The van der Waals surface area contributed by atoms with Crippen LogP contribution < -0.4 is 0 Å². The van der Waals surface area contributed by atoms with Gasteiger partial charge < -0.3 is 9.47 Å². The van der Waals surface area contributed by atoms with E-state index in [0.29, 0.717) is 24.8 Å². The molecule has 2 aromatic rings. The molecule has 27 heavy (non-hydrogen) atoms. The summed E-state index contributed by atoms with van der Waals surface area (Å²) >= 11 is 0. The fraction of sp³-hybridized carbons (Fsp3) is 0.391. The molecular weight excluding hydrogens is 340 g/mol. The summed E-state index contributed by atoms with van der Waals surface area (Å²) in [4.78, 5) is 25.5. The van der Waals surface area contributed by atoms with Crippen molar-refractivity contribution in [2.45, 2.75) is 45.6 Å². The number of hydrogen-bond donors (Lipinski definition) is 0. The number of benzene rings is 2. The largest absolute Gasteiger partial charge is 0.468 e. The molecule has 0 aliphatic heterocycles. The molecule has 0 heterocycles. The van der Waals surface area contributed by atoms with Gasteiger partial charge in [0.1, 0.15) is 11.5 Å². The van der Waals surface area contributed by atoms with E-state index in [1.165, 1.54) is 12.7 Å². The van der Waals surface area contributed by atoms with Crippen LogP contribution in [-0.4, -0.2) is 25.2 Å². The average Bonchev–Trinajstić information content (AvgIpc) is 3.06. The lowest BCUT2D eigenvalue weighted by atomic mass is 9.78. The van der Waals surface area contributed by atoms with Crippen LogP contribution in [0.4, 0.5) is 0 Å². The number of hydrogen-bond acceptors (Lipinski definition) is 4. The number of esters is 2. The van der Waals surface area contributed by atoms with Gasteiger partial charge in [-0.2, -0.15) is 0 Å². The summed E-state index contributed by atoms with van der Waals surface area (Å²) in [5, 5.41) is 0. The van der Waals surface area contributed by atoms with Gasteiger partial charge in [-0.1, -0.05) is 48.0 Å². The van der Waals surface area contributed by atoms with Crippen LogP contribution >= 0.6 is 0 Å². The molecule has 0 radical (unpaired) electrons. The summed E-state index contributed by atoms with van der Waals surface area (Å²) in [5.41, 5.74) is 2.79. The van der Waals surface area contributed by atoms with E-state index >= 15 is 0 Å². The monoisotopic (exact) mass is 366 g/mol. The fourth-order valence-electron chi connectivity index (χ4n) is 3.99. The summed E-state index contributed by atoms with van der Waals surface area (Å²) in [7, 11) is 1.40. The lowest BCUT2D eigenvalue weighted by Crippen LogP contribution is -2.43. The normalized spacial score (nSPS) is 21.7. The summed E-state index contributed by atoms with van der Waals surface area (Å²) in [6, 6.07) is 15.5. The van der Waals surface area contributed by atoms with Gasteiger partial charge in [-0.25, -0.2) is 4.79 Å². The minimum absolute atomic E-state index is 0.303. The van der Waals surface area contributed by atoms with Crippen molar-refractivity contribution in [3.8, 4) is 0 Å². The highest BCUT2D eigenvalue weighted by molar-refractivity contribution is 5.91. The Bertz CT molecular complexity index is 825. The fourth-order valence-corrected chi connectivity index (χ4v) is 3.99. The Morgan fingerprint density at radius 3 is 2.44 bits per heavy atom. The first-order valence-corrected chi connectivity index (χ1v) is 9.37. The van der Waals surface area contributed by atoms with E-state index in [2.05, 4.69) is 0 Å². The molecule has 1 aliphatic carbocycles. The van der Waals surface area contributed by atoms with Crippen LogP contribution in [0.3, 0.4) is 0 Å². The van der Waals surface area contributed by atoms with Crippen LogP contribution in [0.15, 0.2) is 48.5 Å². The predicted octanol–water partition coefficient (Wildman–Crippen LogP) is 4.41. The van der Waals surface area contributed by atoms with Crippen LogP contribution in [0.2, 0.25) is 0 Å². The molecule has 0 spiro atoms. The van der Waals surface area contributed by atoms with Gasteiger partial charge in [-0.05, 0) is 56.7 Å². The quantitative estimate of drug-likeness (QED) is 0.735. The smallest absolute Gasteiger partial charge is 0.338 e. The first-order chi connectivity index (χ1) is 13.0. The maximum atomic E-state index is 12.8. The summed E-state index contributed by atoms with van der Waals surface area (Å²) < 4.78 is 11.0. The molecule has 0 amide bonds. The van der Waals surface area contributed by atoms with Crippen molar-refractivity contribution in [3.05, 3.63) is 70.8 Å². The second-order valence-corrected chi connectivity index (χ2v) is 7.41. The van der Waals surface area contributed by atoms with E-state index in [0.717, 1.165) is 17.5 Å². The molecular formula is C23H26O4. The topological polar surface area (TPSA) is 52.6 Å². The molecule has 1 aliphatic rings. The van der Waals surface area contributed by atoms with E-state index in [1.807, 2.05) is 56.3 Å². The van der Waals surface area contributed by atoms with E-state index in [1.54, 1.807) is 6.07 Å². The number of carbonyl (C=O) groups excluding carboxylic acids is 2. The van der Waals surface area contributed by atoms with Gasteiger partial charge >= 0.3 is 11.9 Å². The maximum Gasteiger partial charge on any atom is 0.338 e. The Hall–Kier alpha value is -2.62. The molecule has 3 rings (SSSR count). The SMILES string of the molecule is COC(=O)C1(Cc2ccc(C)cc2)CCCC1OC(=O)c1ccccc1C. The molecule has 142 valence electrons. The van der Waals surface area contributed by atoms with E-state index in [9.17, 15) is 9.59 Å². The average molecular weight is 366 g/mol. The first kappa shape index (κ1) is 19.2. The third-order valence-corrected chi connectivity index (χ3v) is 5.55. The van der Waals surface area contributed by atoms with Crippen LogP contribution in [0, 0.1) is 19.3 Å². The van der Waals surface area contributed by atoms with Crippen molar-refractivity contribution in [1.29, 1.82) is 0 Å². The van der Waals surface area contributed by atoms with E-state index < -0.39 is 11.5 Å². The van der Waals surface area contributed by atoms with Crippen LogP contribution in [0.5, 0.6) is 0 Å². The standard InChI is InChI=1S/C23H26O4/c1-16-10-12-18(13-11-16)15-23(22(25)26-3)14-6-9-20(23)27-21(24)19-8-5-4-7-17(19)2/h4-5,7-8,10-13,20H,6,9,14-15H2,1-3H3. The van der Waals surface area contributed by atoms with Gasteiger partial charge in [-0.3, -0.25) is 4.79 Å². The van der Waals surface area contributed by atoms with Crippen LogP contribution in [-0.2, 0) is 20.7 Å². The molecule has 0 N–H and O–H groups in total. The molecule has 1 saturated carbocycles. The Morgan fingerprint density at radius 2 is 1.78 bits per heavy atom. The maximum absolute atomic E-state index is 12.8. The third-order valence-electron chi connectivity index (χ3n) is 5.55. The predicted molar refractivity (Wildman–Crippen MR) is 104 cm³/mol. The molecule has 0 aromatic heterocycles. The van der Waals surface area contributed by atoms with Gasteiger partial charge in [0.15, 0.2) is 0 Å².